The van der Waals surface area contributed by atoms with Crippen molar-refractivity contribution in [3.8, 4) is 5.75 Å². The van der Waals surface area contributed by atoms with E-state index < -0.39 is 0 Å². The summed E-state index contributed by atoms with van der Waals surface area (Å²) < 4.78 is 0.860. The van der Waals surface area contributed by atoms with Gasteiger partial charge in [-0.2, -0.15) is 0 Å². The molecule has 0 saturated heterocycles. The van der Waals surface area contributed by atoms with E-state index in [-0.39, 0.29) is 11.7 Å². The van der Waals surface area contributed by atoms with Crippen LogP contribution in [0.1, 0.15) is 15.9 Å². The third-order valence-corrected chi connectivity index (χ3v) is 3.43. The monoisotopic (exact) mass is 301 g/mol. The van der Waals surface area contributed by atoms with Gasteiger partial charge in [-0.05, 0) is 0 Å². The molecule has 2 radical (unpaired) electrons. The summed E-state index contributed by atoms with van der Waals surface area (Å²) in [6, 6.07) is 12.4. The third-order valence-electron chi connectivity index (χ3n) is 2.62. The zero-order valence-corrected chi connectivity index (χ0v) is 11.7. The van der Waals surface area contributed by atoms with Gasteiger partial charge in [0.15, 0.2) is 0 Å². The number of benzene rings is 2. The number of amides is 1. The minimum atomic E-state index is -0.186. The molecule has 0 spiro atoms. The molecule has 2 rings (SSSR count). The SMILES string of the molecule is Cc1ccc(NC(=O)c2ccccc2[As])cc1O. The Bertz CT molecular complexity index is 596. The van der Waals surface area contributed by atoms with Crippen molar-refractivity contribution in [2.45, 2.75) is 6.92 Å². The number of anilines is 1. The van der Waals surface area contributed by atoms with Crippen molar-refractivity contribution in [3.63, 3.8) is 0 Å². The molecule has 0 unspecified atom stereocenters. The molecule has 0 saturated carbocycles. The molecule has 0 aliphatic carbocycles. The molecule has 0 aliphatic heterocycles. The molecule has 0 bridgehead atoms. The van der Waals surface area contributed by atoms with E-state index in [1.54, 1.807) is 31.2 Å². The number of hydrogen-bond acceptors (Lipinski definition) is 2. The summed E-state index contributed by atoms with van der Waals surface area (Å²) >= 11 is 2.37. The van der Waals surface area contributed by atoms with Crippen LogP contribution in [0, 0.1) is 6.92 Å². The second-order valence-electron chi connectivity index (χ2n) is 3.97. The van der Waals surface area contributed by atoms with Crippen LogP contribution in [0.5, 0.6) is 5.75 Å². The molecule has 0 atom stereocenters. The van der Waals surface area contributed by atoms with E-state index in [2.05, 4.69) is 22.2 Å². The van der Waals surface area contributed by atoms with Gasteiger partial charge in [-0.3, -0.25) is 0 Å². The van der Waals surface area contributed by atoms with E-state index in [1.165, 1.54) is 0 Å². The standard InChI is InChI=1S/C14H12AsNO2/c1-9-6-7-10(8-13(9)17)16-14(18)11-4-2-3-5-12(11)15/h2-8,17H,1H3,(H,16,18). The fraction of sp³-hybridized carbons (Fsp3) is 0.0714. The molecule has 2 aromatic carbocycles. The molecule has 1 amide bonds. The van der Waals surface area contributed by atoms with Gasteiger partial charge >= 0.3 is 114 Å². The molecule has 0 aliphatic rings. The van der Waals surface area contributed by atoms with Crippen molar-refractivity contribution < 1.29 is 9.90 Å². The van der Waals surface area contributed by atoms with Crippen molar-refractivity contribution in [1.82, 2.24) is 0 Å². The Kier molecular flexibility index (Phi) is 3.73. The number of hydrogen-bond donors (Lipinski definition) is 2. The predicted molar refractivity (Wildman–Crippen MR) is 72.6 cm³/mol. The number of carbonyl (C=O) groups excluding carboxylic acids is 1. The second kappa shape index (κ2) is 5.28. The van der Waals surface area contributed by atoms with Crippen molar-refractivity contribution in [2.75, 3.05) is 5.32 Å². The zero-order chi connectivity index (χ0) is 13.1. The zero-order valence-electron chi connectivity index (χ0n) is 9.84. The van der Waals surface area contributed by atoms with E-state index >= 15 is 0 Å². The summed E-state index contributed by atoms with van der Waals surface area (Å²) in [5.41, 5.74) is 1.97. The Morgan fingerprint density at radius 2 is 1.94 bits per heavy atom. The Morgan fingerprint density at radius 3 is 2.61 bits per heavy atom. The minimum absolute atomic E-state index is 0.174. The first-order valence-corrected chi connectivity index (χ1v) is 6.41. The summed E-state index contributed by atoms with van der Waals surface area (Å²) in [4.78, 5) is 12.0. The number of nitrogens with one attached hydrogen (secondary N) is 1. The Labute approximate surface area is 114 Å². The van der Waals surface area contributed by atoms with Crippen molar-refractivity contribution in [1.29, 1.82) is 0 Å². The number of phenols is 1. The Morgan fingerprint density at radius 1 is 1.22 bits per heavy atom. The van der Waals surface area contributed by atoms with Gasteiger partial charge in [-0.15, -0.1) is 0 Å². The van der Waals surface area contributed by atoms with Gasteiger partial charge in [0.25, 0.3) is 0 Å². The van der Waals surface area contributed by atoms with E-state index in [9.17, 15) is 9.90 Å². The fourth-order valence-electron chi connectivity index (χ4n) is 1.55. The summed E-state index contributed by atoms with van der Waals surface area (Å²) in [7, 11) is 0. The molecule has 3 nitrogen and oxygen atoms in total. The van der Waals surface area contributed by atoms with Gasteiger partial charge in [-0.1, -0.05) is 0 Å². The van der Waals surface area contributed by atoms with E-state index in [4.69, 9.17) is 0 Å². The van der Waals surface area contributed by atoms with Crippen molar-refractivity contribution in [2.24, 2.45) is 0 Å². The van der Waals surface area contributed by atoms with Crippen LogP contribution in [0.3, 0.4) is 0 Å². The number of phenolic OH excluding ortho intramolecular Hbond substituents is 1. The Balaban J connectivity index is 2.22. The van der Waals surface area contributed by atoms with Crippen molar-refractivity contribution in [3.05, 3.63) is 53.6 Å². The number of aromatic hydroxyl groups is 1. The predicted octanol–water partition coefficient (Wildman–Crippen LogP) is 1.75. The molecule has 2 aromatic rings. The number of carbonyl (C=O) groups is 1. The van der Waals surface area contributed by atoms with E-state index in [0.717, 1.165) is 9.91 Å². The molecular weight excluding hydrogens is 289 g/mol. The van der Waals surface area contributed by atoms with Crippen LogP contribution < -0.4 is 9.67 Å². The summed E-state index contributed by atoms with van der Waals surface area (Å²) in [5, 5.41) is 12.3. The maximum atomic E-state index is 12.0. The quantitative estimate of drug-likeness (QED) is 0.830. The van der Waals surface area contributed by atoms with Crippen molar-refractivity contribution >= 4 is 32.8 Å². The first-order chi connectivity index (χ1) is 8.58. The average molecular weight is 301 g/mol. The van der Waals surface area contributed by atoms with Gasteiger partial charge in [0.2, 0.25) is 0 Å². The molecule has 0 fully saturated rings. The third kappa shape index (κ3) is 2.74. The van der Waals surface area contributed by atoms with Gasteiger partial charge in [0.1, 0.15) is 0 Å². The number of rotatable bonds is 2. The maximum absolute atomic E-state index is 12.0. The van der Waals surface area contributed by atoms with Crippen LogP contribution in [0.25, 0.3) is 0 Å². The van der Waals surface area contributed by atoms with Gasteiger partial charge in [0.05, 0.1) is 0 Å². The topological polar surface area (TPSA) is 49.3 Å². The average Bonchev–Trinajstić information content (AvgIpc) is 2.34. The number of aryl methyl sites for hydroxylation is 1. The van der Waals surface area contributed by atoms with Crippen LogP contribution in [0.15, 0.2) is 42.5 Å². The molecule has 4 heteroatoms. The fourth-order valence-corrected chi connectivity index (χ4v) is 2.10. The first kappa shape index (κ1) is 12.7. The molecule has 0 aromatic heterocycles. The van der Waals surface area contributed by atoms with Crippen LogP contribution in [-0.2, 0) is 0 Å². The van der Waals surface area contributed by atoms with Gasteiger partial charge in [-0.25, -0.2) is 0 Å². The van der Waals surface area contributed by atoms with Crippen LogP contribution in [0.2, 0.25) is 0 Å². The first-order valence-electron chi connectivity index (χ1n) is 5.47. The van der Waals surface area contributed by atoms with Gasteiger partial charge < -0.3 is 0 Å². The molecule has 2 N–H and O–H groups in total. The van der Waals surface area contributed by atoms with Crippen LogP contribution >= 0.6 is 0 Å². The summed E-state index contributed by atoms with van der Waals surface area (Å²) in [6.45, 7) is 1.81. The molecule has 0 heterocycles. The van der Waals surface area contributed by atoms with E-state index in [1.807, 2.05) is 18.2 Å². The van der Waals surface area contributed by atoms with Crippen LogP contribution in [-0.4, -0.2) is 27.9 Å². The summed E-state index contributed by atoms with van der Waals surface area (Å²) in [6.07, 6.45) is 0. The second-order valence-corrected chi connectivity index (χ2v) is 4.98. The van der Waals surface area contributed by atoms with Crippen LogP contribution in [0.4, 0.5) is 5.69 Å². The van der Waals surface area contributed by atoms with Gasteiger partial charge in [0, 0.05) is 0 Å². The summed E-state index contributed by atoms with van der Waals surface area (Å²) in [5.74, 6) is -0.0113. The Hall–Kier alpha value is -1.73. The molecular formula is C14H12AsNO2. The van der Waals surface area contributed by atoms with E-state index in [0.29, 0.717) is 11.3 Å². The molecule has 18 heavy (non-hydrogen) atoms. The normalized spacial score (nSPS) is 10.1. The molecule has 90 valence electrons.